The smallest absolute Gasteiger partial charge is 1.00 e. The van der Waals surface area contributed by atoms with Crippen LogP contribution in [0.3, 0.4) is 0 Å². The third kappa shape index (κ3) is 4.86. The average Bonchev–Trinajstić information content (AvgIpc) is 1.80. The zero-order chi connectivity index (χ0) is 6.85. The summed E-state index contributed by atoms with van der Waals surface area (Å²) < 4.78 is 0. The van der Waals surface area contributed by atoms with Gasteiger partial charge in [-0.3, -0.25) is 0 Å². The molecule has 0 amide bonds. The molecule has 0 aliphatic heterocycles. The van der Waals surface area contributed by atoms with E-state index in [-0.39, 0.29) is 45.9 Å². The molecular weight excluding hydrogens is 378 g/mol. The van der Waals surface area contributed by atoms with E-state index >= 15 is 0 Å². The number of aryl methyl sites for hydroxylation is 1. The van der Waals surface area contributed by atoms with Crippen LogP contribution in [0.5, 0.6) is 0 Å². The van der Waals surface area contributed by atoms with Crippen LogP contribution in [-0.2, 0) is 21.1 Å². The Bertz CT molecular complexity index is 231. The van der Waals surface area contributed by atoms with Gasteiger partial charge in [-0.05, 0) is 6.92 Å². The second kappa shape index (κ2) is 7.72. The van der Waals surface area contributed by atoms with Crippen molar-refractivity contribution >= 4 is 11.4 Å². The fourth-order valence-corrected chi connectivity index (χ4v) is 0.658. The van der Waals surface area contributed by atoms with Gasteiger partial charge in [0.05, 0.1) is 0 Å². The summed E-state index contributed by atoms with van der Waals surface area (Å²) in [4.78, 5) is 0. The van der Waals surface area contributed by atoms with Crippen molar-refractivity contribution in [1.82, 2.24) is 0 Å². The monoisotopic (exact) mass is 385 g/mol. The second-order valence-corrected chi connectivity index (χ2v) is 2.05. The summed E-state index contributed by atoms with van der Waals surface area (Å²) in [5, 5.41) is 0. The Kier molecular flexibility index (Phi) is 11.6. The van der Waals surface area contributed by atoms with E-state index < -0.39 is 0 Å². The molecule has 0 heterocycles. The summed E-state index contributed by atoms with van der Waals surface area (Å²) >= 11 is 0. The minimum atomic E-state index is 0. The predicted octanol–water partition coefficient (Wildman–Crippen LogP) is -2.63. The molecule has 5 heteroatoms. The summed E-state index contributed by atoms with van der Waals surface area (Å²) in [7, 11) is 0. The third-order valence-electron chi connectivity index (χ3n) is 1.18. The van der Waals surface area contributed by atoms with Gasteiger partial charge in [0.2, 0.25) is 0 Å². The van der Waals surface area contributed by atoms with Crippen molar-refractivity contribution in [3.05, 3.63) is 35.2 Å². The van der Waals surface area contributed by atoms with Crippen LogP contribution in [0.25, 0.3) is 11.5 Å². The van der Waals surface area contributed by atoms with Crippen LogP contribution in [0.4, 0.5) is 11.4 Å². The predicted molar refractivity (Wildman–Crippen MR) is 39.1 cm³/mol. The maximum Gasteiger partial charge on any atom is 4.00 e. The molecule has 1 rings (SSSR count). The minimum absolute atomic E-state index is 0. The minimum Gasteiger partial charge on any atom is -1.00 e. The summed E-state index contributed by atoms with van der Waals surface area (Å²) in [6.45, 7) is 1.91. The van der Waals surface area contributed by atoms with Crippen molar-refractivity contribution < 1.29 is 45.9 Å². The Morgan fingerprint density at radius 2 is 1.50 bits per heavy atom. The van der Waals surface area contributed by atoms with E-state index in [0.717, 1.165) is 5.56 Å². The van der Waals surface area contributed by atoms with Crippen LogP contribution in [-0.4, -0.2) is 0 Å². The second-order valence-electron chi connectivity index (χ2n) is 2.05. The molecular formula is C7H8Cl2N2Pt. The van der Waals surface area contributed by atoms with E-state index in [1.807, 2.05) is 13.0 Å². The molecule has 1 aromatic rings. The standard InChI is InChI=1S/C7H8N2.2ClH.Pt/c1-5-2-3-6(8)7(9)4-5;;;/h2-4,8-9H,1H3;2*1H;/q-2;;;+4/p-2. The summed E-state index contributed by atoms with van der Waals surface area (Å²) in [6.07, 6.45) is 0. The van der Waals surface area contributed by atoms with Gasteiger partial charge in [0.1, 0.15) is 0 Å². The fourth-order valence-electron chi connectivity index (χ4n) is 0.658. The molecule has 0 unspecified atom stereocenters. The van der Waals surface area contributed by atoms with E-state index in [2.05, 4.69) is 0 Å². The normalized spacial score (nSPS) is 7.08. The van der Waals surface area contributed by atoms with Gasteiger partial charge < -0.3 is 36.3 Å². The van der Waals surface area contributed by atoms with Gasteiger partial charge in [-0.15, -0.1) is 0 Å². The van der Waals surface area contributed by atoms with Crippen molar-refractivity contribution in [1.29, 1.82) is 0 Å². The molecule has 0 aliphatic rings. The number of halogens is 2. The molecule has 2 N–H and O–H groups in total. The molecule has 1 aromatic carbocycles. The first kappa shape index (κ1) is 18.0. The Morgan fingerprint density at radius 1 is 1.00 bits per heavy atom. The van der Waals surface area contributed by atoms with E-state index in [9.17, 15) is 0 Å². The molecule has 0 bridgehead atoms. The first-order chi connectivity index (χ1) is 4.20. The number of nitrogens with one attached hydrogen (secondary N) is 2. The van der Waals surface area contributed by atoms with E-state index in [1.165, 1.54) is 0 Å². The number of hydrogen-bond donors (Lipinski definition) is 0. The van der Waals surface area contributed by atoms with E-state index in [4.69, 9.17) is 11.5 Å². The maximum atomic E-state index is 7.17. The summed E-state index contributed by atoms with van der Waals surface area (Å²) in [6, 6.07) is 5.15. The molecule has 0 saturated carbocycles. The van der Waals surface area contributed by atoms with Crippen LogP contribution in [0, 0.1) is 6.92 Å². The molecule has 70 valence electrons. The third-order valence-corrected chi connectivity index (χ3v) is 1.18. The van der Waals surface area contributed by atoms with Crippen LogP contribution in [0.15, 0.2) is 18.2 Å². The number of hydrogen-bond acceptors (Lipinski definition) is 0. The molecule has 2 nitrogen and oxygen atoms in total. The quantitative estimate of drug-likeness (QED) is 0.469. The molecule has 0 spiro atoms. The Labute approximate surface area is 99.2 Å². The Hall–Kier alpha value is 0.0883. The first-order valence-electron chi connectivity index (χ1n) is 2.74. The van der Waals surface area contributed by atoms with Crippen LogP contribution >= 0.6 is 0 Å². The number of rotatable bonds is 0. The summed E-state index contributed by atoms with van der Waals surface area (Å²) in [5.74, 6) is 0. The van der Waals surface area contributed by atoms with E-state index in [1.54, 1.807) is 12.1 Å². The van der Waals surface area contributed by atoms with Gasteiger partial charge in [0.25, 0.3) is 0 Å². The first-order valence-corrected chi connectivity index (χ1v) is 2.74. The van der Waals surface area contributed by atoms with Gasteiger partial charge in [-0.1, -0.05) is 23.8 Å². The maximum absolute atomic E-state index is 7.17. The molecule has 12 heavy (non-hydrogen) atoms. The van der Waals surface area contributed by atoms with Gasteiger partial charge in [0, 0.05) is 0 Å². The number of benzene rings is 1. The van der Waals surface area contributed by atoms with Gasteiger partial charge in [-0.2, -0.15) is 11.4 Å². The molecule has 0 fully saturated rings. The average molecular weight is 386 g/mol. The largest absolute Gasteiger partial charge is 4.00 e. The van der Waals surface area contributed by atoms with E-state index in [0.29, 0.717) is 11.4 Å². The molecule has 0 atom stereocenters. The van der Waals surface area contributed by atoms with Gasteiger partial charge in [-0.25, -0.2) is 0 Å². The van der Waals surface area contributed by atoms with Crippen LogP contribution in [0.2, 0.25) is 0 Å². The van der Waals surface area contributed by atoms with Crippen molar-refractivity contribution in [3.8, 4) is 0 Å². The molecule has 0 aliphatic carbocycles. The van der Waals surface area contributed by atoms with Crippen molar-refractivity contribution in [2.45, 2.75) is 6.92 Å². The van der Waals surface area contributed by atoms with Crippen LogP contribution < -0.4 is 24.8 Å². The van der Waals surface area contributed by atoms with Crippen LogP contribution in [0.1, 0.15) is 5.56 Å². The molecule has 0 radical (unpaired) electrons. The van der Waals surface area contributed by atoms with Gasteiger partial charge >= 0.3 is 21.1 Å². The summed E-state index contributed by atoms with van der Waals surface area (Å²) in [5.41, 5.74) is 15.9. The van der Waals surface area contributed by atoms with Crippen molar-refractivity contribution in [2.24, 2.45) is 0 Å². The zero-order valence-corrected chi connectivity index (χ0v) is 10.1. The zero-order valence-electron chi connectivity index (χ0n) is 6.30. The topological polar surface area (TPSA) is 47.6 Å². The molecule has 0 saturated heterocycles. The van der Waals surface area contributed by atoms with Crippen molar-refractivity contribution in [3.63, 3.8) is 0 Å². The van der Waals surface area contributed by atoms with Gasteiger partial charge in [0.15, 0.2) is 0 Å². The van der Waals surface area contributed by atoms with Crippen molar-refractivity contribution in [2.75, 3.05) is 0 Å². The fraction of sp³-hybridized carbons (Fsp3) is 0.143. The molecule has 0 aromatic heterocycles. The Balaban J connectivity index is -0.000000270. The SMILES string of the molecule is Cc1ccc([NH-])c([NH-])c1.[Cl-].[Cl-].[Pt+4]. The Morgan fingerprint density at radius 3 is 1.83 bits per heavy atom.